The minimum absolute atomic E-state index is 0.0401. The molecular formula is C12H22N4O3S. The van der Waals surface area contributed by atoms with Gasteiger partial charge in [0.1, 0.15) is 4.90 Å². The highest BCUT2D eigenvalue weighted by molar-refractivity contribution is 7.89. The van der Waals surface area contributed by atoms with Gasteiger partial charge in [-0.25, -0.2) is 8.42 Å². The van der Waals surface area contributed by atoms with Gasteiger partial charge in [-0.1, -0.05) is 0 Å². The number of nitrogens with zero attached hydrogens (tertiary/aromatic N) is 3. The molecule has 1 saturated heterocycles. The van der Waals surface area contributed by atoms with E-state index < -0.39 is 10.0 Å². The highest BCUT2D eigenvalue weighted by Crippen LogP contribution is 2.27. The third-order valence-electron chi connectivity index (χ3n) is 3.65. The van der Waals surface area contributed by atoms with E-state index in [1.165, 1.54) is 8.99 Å². The number of rotatable bonds is 4. The van der Waals surface area contributed by atoms with Gasteiger partial charge in [0, 0.05) is 26.7 Å². The van der Waals surface area contributed by atoms with Gasteiger partial charge in [0.05, 0.1) is 11.8 Å². The van der Waals surface area contributed by atoms with Gasteiger partial charge in [0.2, 0.25) is 10.0 Å². The lowest BCUT2D eigenvalue weighted by Crippen LogP contribution is -2.43. The van der Waals surface area contributed by atoms with Gasteiger partial charge in [0.15, 0.2) is 5.82 Å². The summed E-state index contributed by atoms with van der Waals surface area (Å²) in [5.74, 6) is 0.0588. The van der Waals surface area contributed by atoms with Crippen molar-refractivity contribution in [2.75, 3.05) is 25.4 Å². The number of hydrogen-bond acceptors (Lipinski definition) is 5. The highest BCUT2D eigenvalue weighted by atomic mass is 32.2. The molecule has 1 aliphatic heterocycles. The van der Waals surface area contributed by atoms with Crippen LogP contribution in [0.15, 0.2) is 4.90 Å². The Labute approximate surface area is 119 Å². The molecule has 7 nitrogen and oxygen atoms in total. The quantitative estimate of drug-likeness (QED) is 0.874. The summed E-state index contributed by atoms with van der Waals surface area (Å²) in [4.78, 5) is 0.122. The van der Waals surface area contributed by atoms with E-state index >= 15 is 0 Å². The SMILES string of the molecule is CCOC1CCCN(S(=O)(=O)c2c(N)nn(C)c2C)C1. The molecule has 114 valence electrons. The predicted molar refractivity (Wildman–Crippen MR) is 75.8 cm³/mol. The summed E-state index contributed by atoms with van der Waals surface area (Å²) in [6.07, 6.45) is 1.64. The van der Waals surface area contributed by atoms with Crippen molar-refractivity contribution in [1.29, 1.82) is 0 Å². The van der Waals surface area contributed by atoms with Gasteiger partial charge in [-0.05, 0) is 26.7 Å². The topological polar surface area (TPSA) is 90.4 Å². The zero-order chi connectivity index (χ0) is 14.9. The molecule has 0 aromatic carbocycles. The average Bonchev–Trinajstić information content (AvgIpc) is 2.64. The lowest BCUT2D eigenvalue weighted by molar-refractivity contribution is 0.0265. The van der Waals surface area contributed by atoms with Crippen LogP contribution in [-0.2, 0) is 21.8 Å². The number of anilines is 1. The summed E-state index contributed by atoms with van der Waals surface area (Å²) in [6.45, 7) is 5.09. The first kappa shape index (κ1) is 15.3. The van der Waals surface area contributed by atoms with Crippen LogP contribution in [0.4, 0.5) is 5.82 Å². The van der Waals surface area contributed by atoms with E-state index in [1.54, 1.807) is 14.0 Å². The molecule has 1 unspecified atom stereocenters. The molecule has 1 aromatic rings. The molecule has 0 radical (unpaired) electrons. The summed E-state index contributed by atoms with van der Waals surface area (Å²) in [7, 11) is -1.92. The fourth-order valence-electron chi connectivity index (χ4n) is 2.56. The fourth-order valence-corrected chi connectivity index (χ4v) is 4.36. The van der Waals surface area contributed by atoms with Crippen LogP contribution in [0.1, 0.15) is 25.5 Å². The van der Waals surface area contributed by atoms with Gasteiger partial charge in [-0.3, -0.25) is 4.68 Å². The molecule has 1 aromatic heterocycles. The summed E-state index contributed by atoms with van der Waals surface area (Å²) in [5, 5.41) is 3.98. The third-order valence-corrected chi connectivity index (χ3v) is 5.68. The Morgan fingerprint density at radius 3 is 2.75 bits per heavy atom. The van der Waals surface area contributed by atoms with E-state index in [9.17, 15) is 8.42 Å². The number of hydrogen-bond donors (Lipinski definition) is 1. The van der Waals surface area contributed by atoms with Crippen molar-refractivity contribution < 1.29 is 13.2 Å². The molecule has 2 heterocycles. The van der Waals surface area contributed by atoms with Crippen molar-refractivity contribution in [3.8, 4) is 0 Å². The molecule has 2 rings (SSSR count). The molecular weight excluding hydrogens is 280 g/mol. The third kappa shape index (κ3) is 2.68. The minimum atomic E-state index is -3.61. The summed E-state index contributed by atoms with van der Waals surface area (Å²) >= 11 is 0. The maximum absolute atomic E-state index is 12.7. The van der Waals surface area contributed by atoms with Gasteiger partial charge in [-0.15, -0.1) is 0 Å². The second-order valence-electron chi connectivity index (χ2n) is 5.01. The molecule has 2 N–H and O–H groups in total. The van der Waals surface area contributed by atoms with Crippen molar-refractivity contribution in [1.82, 2.24) is 14.1 Å². The van der Waals surface area contributed by atoms with Gasteiger partial charge in [0.25, 0.3) is 0 Å². The summed E-state index contributed by atoms with van der Waals surface area (Å²) in [5.41, 5.74) is 6.32. The standard InChI is InChI=1S/C12H22N4O3S/c1-4-19-10-6-5-7-16(8-10)20(17,18)11-9(2)15(3)14-12(11)13/h10H,4-8H2,1-3H3,(H2,13,14). The normalized spacial score (nSPS) is 21.2. The molecule has 0 amide bonds. The van der Waals surface area contributed by atoms with Crippen molar-refractivity contribution in [3.05, 3.63) is 5.69 Å². The first-order valence-corrected chi connectivity index (χ1v) is 8.22. The Morgan fingerprint density at radius 2 is 2.20 bits per heavy atom. The van der Waals surface area contributed by atoms with Gasteiger partial charge < -0.3 is 10.5 Å². The molecule has 1 fully saturated rings. The maximum atomic E-state index is 12.7. The average molecular weight is 302 g/mol. The van der Waals surface area contributed by atoms with E-state index in [2.05, 4.69) is 5.10 Å². The van der Waals surface area contributed by atoms with Crippen molar-refractivity contribution in [3.63, 3.8) is 0 Å². The fraction of sp³-hybridized carbons (Fsp3) is 0.750. The zero-order valence-electron chi connectivity index (χ0n) is 12.2. The van der Waals surface area contributed by atoms with Crippen LogP contribution in [0.5, 0.6) is 0 Å². The van der Waals surface area contributed by atoms with Crippen LogP contribution in [0.3, 0.4) is 0 Å². The molecule has 0 aliphatic carbocycles. The molecule has 0 spiro atoms. The van der Waals surface area contributed by atoms with E-state index in [0.29, 0.717) is 25.4 Å². The Bertz CT molecular complexity index is 580. The largest absolute Gasteiger partial charge is 0.381 e. The lowest BCUT2D eigenvalue weighted by Gasteiger charge is -2.31. The maximum Gasteiger partial charge on any atom is 0.248 e. The second kappa shape index (κ2) is 5.71. The number of sulfonamides is 1. The summed E-state index contributed by atoms with van der Waals surface area (Å²) in [6, 6.07) is 0. The number of nitrogens with two attached hydrogens (primary N) is 1. The Hall–Kier alpha value is -1.12. The van der Waals surface area contributed by atoms with Gasteiger partial charge in [-0.2, -0.15) is 9.40 Å². The molecule has 20 heavy (non-hydrogen) atoms. The van der Waals surface area contributed by atoms with Crippen LogP contribution in [-0.4, -0.2) is 48.3 Å². The summed E-state index contributed by atoms with van der Waals surface area (Å²) < 4.78 is 34.0. The Kier molecular flexibility index (Phi) is 4.36. The van der Waals surface area contributed by atoms with E-state index in [0.717, 1.165) is 12.8 Å². The number of nitrogen functional groups attached to an aromatic ring is 1. The zero-order valence-corrected chi connectivity index (χ0v) is 13.0. The number of aromatic nitrogens is 2. The molecule has 0 saturated carbocycles. The Morgan fingerprint density at radius 1 is 1.50 bits per heavy atom. The van der Waals surface area contributed by atoms with E-state index in [1.807, 2.05) is 6.92 Å². The monoisotopic (exact) mass is 302 g/mol. The number of aryl methyl sites for hydroxylation is 1. The van der Waals surface area contributed by atoms with Crippen LogP contribution < -0.4 is 5.73 Å². The van der Waals surface area contributed by atoms with Crippen molar-refractivity contribution >= 4 is 15.8 Å². The molecule has 8 heteroatoms. The van der Waals surface area contributed by atoms with Crippen LogP contribution in [0.2, 0.25) is 0 Å². The first-order valence-electron chi connectivity index (χ1n) is 6.78. The van der Waals surface area contributed by atoms with Crippen molar-refractivity contribution in [2.24, 2.45) is 7.05 Å². The second-order valence-corrected chi connectivity index (χ2v) is 6.88. The van der Waals surface area contributed by atoms with Gasteiger partial charge >= 0.3 is 0 Å². The van der Waals surface area contributed by atoms with Crippen molar-refractivity contribution in [2.45, 2.75) is 37.7 Å². The molecule has 0 bridgehead atoms. The number of piperidine rings is 1. The predicted octanol–water partition coefficient (Wildman–Crippen LogP) is 0.500. The molecule has 1 atom stereocenters. The first-order chi connectivity index (χ1) is 9.37. The lowest BCUT2D eigenvalue weighted by atomic mass is 10.1. The minimum Gasteiger partial charge on any atom is -0.381 e. The van der Waals surface area contributed by atoms with Crippen LogP contribution in [0, 0.1) is 6.92 Å². The smallest absolute Gasteiger partial charge is 0.248 e. The van der Waals surface area contributed by atoms with Crippen LogP contribution >= 0.6 is 0 Å². The highest BCUT2D eigenvalue weighted by Gasteiger charge is 2.34. The van der Waals surface area contributed by atoms with E-state index in [4.69, 9.17) is 10.5 Å². The van der Waals surface area contributed by atoms with Crippen LogP contribution in [0.25, 0.3) is 0 Å². The number of ether oxygens (including phenoxy) is 1. The molecule has 1 aliphatic rings. The Balaban J connectivity index is 2.30. The van der Waals surface area contributed by atoms with E-state index in [-0.39, 0.29) is 16.8 Å².